The van der Waals surface area contributed by atoms with Gasteiger partial charge in [-0.05, 0) is 60.0 Å². The zero-order valence-electron chi connectivity index (χ0n) is 21.2. The second-order valence-corrected chi connectivity index (χ2v) is 9.88. The second-order valence-electron chi connectivity index (χ2n) is 8.09. The van der Waals surface area contributed by atoms with Gasteiger partial charge in [0.2, 0.25) is 0 Å². The first-order valence-electron chi connectivity index (χ1n) is 11.7. The van der Waals surface area contributed by atoms with Crippen molar-refractivity contribution in [1.82, 2.24) is 20.3 Å². The fraction of sp³-hybridized carbons (Fsp3) is 0.259. The summed E-state index contributed by atoms with van der Waals surface area (Å²) in [7, 11) is 2.81. The Morgan fingerprint density at radius 1 is 1.19 bits per heavy atom. The molecular formula is C27H29N5O4S. The van der Waals surface area contributed by atoms with E-state index in [9.17, 15) is 4.79 Å². The van der Waals surface area contributed by atoms with Crippen LogP contribution in [0.1, 0.15) is 30.5 Å². The van der Waals surface area contributed by atoms with Crippen molar-refractivity contribution >= 4 is 38.7 Å². The van der Waals surface area contributed by atoms with Crippen LogP contribution in [0.15, 0.2) is 52.1 Å². The van der Waals surface area contributed by atoms with E-state index in [2.05, 4.69) is 44.7 Å². The number of fused-ring (bicyclic) bond motifs is 1. The Bertz CT molecular complexity index is 1500. The molecular weight excluding hydrogens is 490 g/mol. The molecule has 2 N–H and O–H groups in total. The van der Waals surface area contributed by atoms with Gasteiger partial charge in [0, 0.05) is 18.3 Å². The number of ether oxygens (including phenoxy) is 2. The van der Waals surface area contributed by atoms with E-state index in [1.165, 1.54) is 5.56 Å². The Morgan fingerprint density at radius 2 is 2.00 bits per heavy atom. The molecule has 37 heavy (non-hydrogen) atoms. The average Bonchev–Trinajstić information content (AvgIpc) is 3.55. The topological polar surface area (TPSA) is 103 Å². The number of hydrogen-bond acceptors (Lipinski definition) is 7. The Kier molecular flexibility index (Phi) is 8.15. The number of anilines is 1. The van der Waals surface area contributed by atoms with Crippen LogP contribution in [0.25, 0.3) is 11.0 Å². The molecule has 0 aliphatic carbocycles. The fourth-order valence-corrected chi connectivity index (χ4v) is 5.35. The Morgan fingerprint density at radius 3 is 2.70 bits per heavy atom. The number of terminal acetylenes is 1. The van der Waals surface area contributed by atoms with Crippen LogP contribution < -0.4 is 19.5 Å². The van der Waals surface area contributed by atoms with Crippen LogP contribution in [-0.2, 0) is 24.3 Å². The van der Waals surface area contributed by atoms with Gasteiger partial charge in [-0.1, -0.05) is 28.8 Å². The summed E-state index contributed by atoms with van der Waals surface area (Å²) in [5, 5.41) is 14.2. The van der Waals surface area contributed by atoms with Crippen molar-refractivity contribution in [2.75, 3.05) is 18.9 Å². The van der Waals surface area contributed by atoms with Crippen molar-refractivity contribution in [3.8, 4) is 23.8 Å². The summed E-state index contributed by atoms with van der Waals surface area (Å²) in [5.41, 5.74) is 3.59. The van der Waals surface area contributed by atoms with Crippen molar-refractivity contribution in [1.29, 1.82) is 0 Å². The third-order valence-corrected chi connectivity index (χ3v) is 7.43. The van der Waals surface area contributed by atoms with Gasteiger partial charge < -0.3 is 24.0 Å². The molecule has 4 aromatic rings. The lowest BCUT2D eigenvalue weighted by Crippen LogP contribution is -2.20. The normalized spacial score (nSPS) is 11.8. The third-order valence-electron chi connectivity index (χ3n) is 5.75. The van der Waals surface area contributed by atoms with E-state index < -0.39 is 16.6 Å². The first-order valence-corrected chi connectivity index (χ1v) is 13.0. The minimum atomic E-state index is -0.489. The van der Waals surface area contributed by atoms with Gasteiger partial charge >= 0.3 is 0 Å². The molecule has 4 rings (SSSR count). The Hall–Kier alpha value is -4.23. The standard InChI is InChI=1S/C27H29N5O4S/c1-6-18-9-10-21(34-4)24(13-18)37(8-3)31-27-26-22(35-5)11-19(12-23(26)36-30-27)16-32-17-20(15-29-32)14-28-25(33)7-2/h2,8-13,15,17H,6,14,16H2,1,3-5H3,(H,28,33)(H,30,31). The van der Waals surface area contributed by atoms with Crippen LogP contribution in [0.2, 0.25) is 0 Å². The molecule has 0 aliphatic heterocycles. The van der Waals surface area contributed by atoms with Crippen LogP contribution in [-0.4, -0.2) is 40.4 Å². The predicted molar refractivity (Wildman–Crippen MR) is 146 cm³/mol. The van der Waals surface area contributed by atoms with Gasteiger partial charge in [0.05, 0.1) is 31.9 Å². The van der Waals surface area contributed by atoms with E-state index >= 15 is 0 Å². The van der Waals surface area contributed by atoms with Crippen molar-refractivity contribution in [2.45, 2.75) is 38.3 Å². The molecule has 0 radical (unpaired) electrons. The molecule has 9 nitrogen and oxygen atoms in total. The van der Waals surface area contributed by atoms with E-state index in [1.807, 2.05) is 37.2 Å². The van der Waals surface area contributed by atoms with Crippen LogP contribution in [0.4, 0.5) is 5.82 Å². The molecule has 2 aromatic heterocycles. The number of benzene rings is 2. The predicted octanol–water partition coefficient (Wildman–Crippen LogP) is 4.38. The van der Waals surface area contributed by atoms with Crippen molar-refractivity contribution in [2.24, 2.45) is 0 Å². The van der Waals surface area contributed by atoms with Gasteiger partial charge in [0.15, 0.2) is 11.4 Å². The number of hydrogen-bond donors (Lipinski definition) is 2. The second kappa shape index (κ2) is 11.7. The Labute approximate surface area is 218 Å². The van der Waals surface area contributed by atoms with E-state index in [0.717, 1.165) is 33.6 Å². The minimum Gasteiger partial charge on any atom is -0.496 e. The highest BCUT2D eigenvalue weighted by atomic mass is 32.2. The first-order chi connectivity index (χ1) is 18.0. The van der Waals surface area contributed by atoms with Gasteiger partial charge in [-0.3, -0.25) is 9.48 Å². The summed E-state index contributed by atoms with van der Waals surface area (Å²) < 4.78 is 22.3. The minimum absolute atomic E-state index is 0.310. The van der Waals surface area contributed by atoms with Crippen LogP contribution in [0.3, 0.4) is 0 Å². The number of nitrogens with one attached hydrogen (secondary N) is 2. The van der Waals surface area contributed by atoms with Crippen LogP contribution in [0, 0.1) is 12.3 Å². The van der Waals surface area contributed by atoms with Gasteiger partial charge in [-0.15, -0.1) is 6.42 Å². The lowest BCUT2D eigenvalue weighted by Gasteiger charge is -2.16. The monoisotopic (exact) mass is 519 g/mol. The number of nitrogens with zero attached hydrogens (tertiary/aromatic N) is 3. The molecule has 1 atom stereocenters. The molecule has 0 aliphatic rings. The molecule has 10 heteroatoms. The molecule has 1 amide bonds. The first kappa shape index (κ1) is 25.9. The molecule has 192 valence electrons. The number of rotatable bonds is 10. The summed E-state index contributed by atoms with van der Waals surface area (Å²) in [6.45, 7) is 4.92. The fourth-order valence-electron chi connectivity index (χ4n) is 3.87. The number of carbonyl (C=O) groups excluding carboxylic acids is 1. The van der Waals surface area contributed by atoms with E-state index in [1.54, 1.807) is 25.1 Å². The number of carbonyl (C=O) groups is 1. The third kappa shape index (κ3) is 5.78. The molecule has 0 spiro atoms. The van der Waals surface area contributed by atoms with E-state index in [4.69, 9.17) is 20.4 Å². The zero-order chi connectivity index (χ0) is 26.4. The number of aryl methyl sites for hydroxylation is 1. The summed E-state index contributed by atoms with van der Waals surface area (Å²) in [6.07, 6.45) is 9.55. The SMILES string of the molecule is C#CC(=O)NCc1cnn(Cc2cc(OC)c3c(N/S(=C/C)c4cc(CC)ccc4OC)noc3c2)c1. The van der Waals surface area contributed by atoms with Gasteiger partial charge in [-0.2, -0.15) is 5.10 Å². The van der Waals surface area contributed by atoms with E-state index in [0.29, 0.717) is 30.2 Å². The van der Waals surface area contributed by atoms with Gasteiger partial charge in [0.25, 0.3) is 5.91 Å². The molecule has 0 saturated heterocycles. The smallest absolute Gasteiger partial charge is 0.295 e. The highest BCUT2D eigenvalue weighted by Gasteiger charge is 2.18. The largest absolute Gasteiger partial charge is 0.496 e. The highest BCUT2D eigenvalue weighted by Crippen LogP contribution is 2.40. The van der Waals surface area contributed by atoms with Crippen molar-refractivity contribution in [3.05, 3.63) is 59.4 Å². The molecule has 0 saturated carbocycles. The number of aromatic nitrogens is 3. The lowest BCUT2D eigenvalue weighted by atomic mass is 10.1. The Balaban J connectivity index is 1.60. The summed E-state index contributed by atoms with van der Waals surface area (Å²) in [6, 6.07) is 10.1. The molecule has 1 unspecified atom stereocenters. The summed E-state index contributed by atoms with van der Waals surface area (Å²) >= 11 is 0. The van der Waals surface area contributed by atoms with E-state index in [-0.39, 0.29) is 0 Å². The number of amides is 1. The summed E-state index contributed by atoms with van der Waals surface area (Å²) in [4.78, 5) is 12.3. The van der Waals surface area contributed by atoms with Crippen LogP contribution in [0.5, 0.6) is 11.5 Å². The molecule has 0 fully saturated rings. The molecule has 2 aromatic carbocycles. The maximum atomic E-state index is 11.3. The zero-order valence-corrected chi connectivity index (χ0v) is 22.0. The maximum Gasteiger partial charge on any atom is 0.295 e. The highest BCUT2D eigenvalue weighted by molar-refractivity contribution is 8.16. The van der Waals surface area contributed by atoms with Gasteiger partial charge in [-0.25, -0.2) is 0 Å². The maximum absolute atomic E-state index is 11.3. The molecule has 0 bridgehead atoms. The lowest BCUT2D eigenvalue weighted by molar-refractivity contribution is -0.115. The van der Waals surface area contributed by atoms with Crippen molar-refractivity contribution < 1.29 is 18.8 Å². The number of methoxy groups -OCH3 is 2. The molecule has 2 heterocycles. The van der Waals surface area contributed by atoms with Crippen LogP contribution >= 0.6 is 10.7 Å². The van der Waals surface area contributed by atoms with Crippen molar-refractivity contribution in [3.63, 3.8) is 0 Å². The average molecular weight is 520 g/mol. The summed E-state index contributed by atoms with van der Waals surface area (Å²) in [5.74, 6) is 3.61. The van der Waals surface area contributed by atoms with Gasteiger partial charge in [0.1, 0.15) is 16.9 Å². The quantitative estimate of drug-likeness (QED) is 0.237.